The Morgan fingerprint density at radius 1 is 1.18 bits per heavy atom. The van der Waals surface area contributed by atoms with Crippen LogP contribution in [0.3, 0.4) is 0 Å². The molecule has 1 atom stereocenters. The van der Waals surface area contributed by atoms with Crippen LogP contribution < -0.4 is 0 Å². The van der Waals surface area contributed by atoms with Gasteiger partial charge in [-0.1, -0.05) is 0 Å². The Morgan fingerprint density at radius 2 is 1.64 bits per heavy atom. The van der Waals surface area contributed by atoms with Crippen LogP contribution in [0.15, 0.2) is 0 Å². The molecule has 0 amide bonds. The predicted octanol–water partition coefficient (Wildman–Crippen LogP) is 3.10. The number of halogens is 6. The van der Waals surface area contributed by atoms with Crippen LogP contribution in [0.2, 0.25) is 0 Å². The number of rotatable bonds is 3. The lowest BCUT2D eigenvalue weighted by molar-refractivity contribution is -0.147. The van der Waals surface area contributed by atoms with E-state index in [0.717, 1.165) is 0 Å². The van der Waals surface area contributed by atoms with E-state index in [2.05, 4.69) is 0 Å². The summed E-state index contributed by atoms with van der Waals surface area (Å²) >= 11 is 0. The molecule has 0 heterocycles. The third-order valence-electron chi connectivity index (χ3n) is 0.829. The predicted molar refractivity (Wildman–Crippen MR) is 25.6 cm³/mol. The second kappa shape index (κ2) is 3.82. The molecule has 0 nitrogen and oxygen atoms in total. The maximum absolute atomic E-state index is 11.9. The summed E-state index contributed by atoms with van der Waals surface area (Å²) in [7, 11) is 0. The summed E-state index contributed by atoms with van der Waals surface area (Å²) in [5, 5.41) is 0. The van der Waals surface area contributed by atoms with Gasteiger partial charge in [-0.15, -0.1) is 0 Å². The second-order valence-electron chi connectivity index (χ2n) is 1.96. The van der Waals surface area contributed by atoms with Crippen molar-refractivity contribution in [2.24, 2.45) is 0 Å². The molecule has 0 aliphatic heterocycles. The highest BCUT2D eigenvalue weighted by Crippen LogP contribution is 2.27. The summed E-state index contributed by atoms with van der Waals surface area (Å²) in [5.74, 6) is 0. The molecule has 67 valence electrons. The molecule has 0 aromatic heterocycles. The lowest BCUT2D eigenvalue weighted by Gasteiger charge is -2.09. The van der Waals surface area contributed by atoms with Crippen LogP contribution in [0.1, 0.15) is 12.8 Å². The smallest absolute Gasteiger partial charge is 0.247 e. The second-order valence-corrected chi connectivity index (χ2v) is 1.96. The molecule has 0 saturated heterocycles. The van der Waals surface area contributed by atoms with Crippen molar-refractivity contribution >= 4 is 0 Å². The first-order valence-electron chi connectivity index (χ1n) is 2.69. The lowest BCUT2D eigenvalue weighted by Crippen LogP contribution is -2.16. The van der Waals surface area contributed by atoms with E-state index in [1.54, 1.807) is 0 Å². The molecular formula is C5H5F6. The van der Waals surface area contributed by atoms with Crippen LogP contribution in [0.5, 0.6) is 0 Å². The van der Waals surface area contributed by atoms with Gasteiger partial charge in [0.15, 0.2) is 0 Å². The van der Waals surface area contributed by atoms with Gasteiger partial charge in [0.05, 0.1) is 6.42 Å². The van der Waals surface area contributed by atoms with Gasteiger partial charge in [0.1, 0.15) is 6.17 Å². The van der Waals surface area contributed by atoms with E-state index < -0.39 is 31.6 Å². The number of hydrogen-bond acceptors (Lipinski definition) is 0. The number of alkyl halides is 4. The Morgan fingerprint density at radius 3 is 1.91 bits per heavy atom. The van der Waals surface area contributed by atoms with Gasteiger partial charge in [0.25, 0.3) is 0 Å². The third kappa shape index (κ3) is 7.48. The summed E-state index contributed by atoms with van der Waals surface area (Å²) < 4.78 is 68.1. The summed E-state index contributed by atoms with van der Waals surface area (Å²) in [6.45, 7) is 0. The van der Waals surface area contributed by atoms with Crippen LogP contribution in [0.25, 0.3) is 0 Å². The van der Waals surface area contributed by atoms with Crippen LogP contribution in [0.4, 0.5) is 26.3 Å². The SMILES string of the molecule is F[C](F)CC(F)CC(F)(F)F. The molecule has 0 saturated carbocycles. The van der Waals surface area contributed by atoms with E-state index in [0.29, 0.717) is 0 Å². The van der Waals surface area contributed by atoms with Crippen molar-refractivity contribution in [1.82, 2.24) is 0 Å². The Hall–Kier alpha value is -0.420. The van der Waals surface area contributed by atoms with Gasteiger partial charge in [0, 0.05) is 6.42 Å². The van der Waals surface area contributed by atoms with Crippen molar-refractivity contribution in [1.29, 1.82) is 0 Å². The minimum absolute atomic E-state index is 1.43. The minimum Gasteiger partial charge on any atom is -0.247 e. The van der Waals surface area contributed by atoms with Crippen molar-refractivity contribution in [2.75, 3.05) is 0 Å². The molecule has 6 heteroatoms. The molecule has 0 bridgehead atoms. The number of hydrogen-bond donors (Lipinski definition) is 0. The molecule has 1 unspecified atom stereocenters. The summed E-state index contributed by atoms with van der Waals surface area (Å²) in [6.07, 6.45) is -12.8. The van der Waals surface area contributed by atoms with Crippen molar-refractivity contribution in [2.45, 2.75) is 25.2 Å². The van der Waals surface area contributed by atoms with E-state index in [-0.39, 0.29) is 0 Å². The van der Waals surface area contributed by atoms with Crippen LogP contribution >= 0.6 is 0 Å². The molecule has 0 N–H and O–H groups in total. The molecule has 11 heavy (non-hydrogen) atoms. The highest BCUT2D eigenvalue weighted by Gasteiger charge is 2.33. The zero-order chi connectivity index (χ0) is 9.07. The molecule has 1 radical (unpaired) electrons. The molecule has 0 aromatic carbocycles. The van der Waals surface area contributed by atoms with Gasteiger partial charge < -0.3 is 0 Å². The van der Waals surface area contributed by atoms with Gasteiger partial charge in [0.2, 0.25) is 0 Å². The third-order valence-corrected chi connectivity index (χ3v) is 0.829. The largest absolute Gasteiger partial charge is 0.391 e. The van der Waals surface area contributed by atoms with Crippen LogP contribution in [0, 0.1) is 6.43 Å². The van der Waals surface area contributed by atoms with E-state index in [1.807, 2.05) is 0 Å². The van der Waals surface area contributed by atoms with Crippen molar-refractivity contribution in [3.05, 3.63) is 6.43 Å². The maximum Gasteiger partial charge on any atom is 0.391 e. The molecule has 0 aliphatic rings. The minimum atomic E-state index is -4.71. The van der Waals surface area contributed by atoms with Gasteiger partial charge in [-0.2, -0.15) is 22.0 Å². The maximum atomic E-state index is 11.9. The van der Waals surface area contributed by atoms with E-state index >= 15 is 0 Å². The average molecular weight is 179 g/mol. The highest BCUT2D eigenvalue weighted by atomic mass is 19.4. The van der Waals surface area contributed by atoms with Gasteiger partial charge in [-0.3, -0.25) is 0 Å². The molecule has 0 rings (SSSR count). The first-order valence-corrected chi connectivity index (χ1v) is 2.69. The normalized spacial score (nSPS) is 15.5. The first-order chi connectivity index (χ1) is 4.81. The Bertz CT molecular complexity index is 106. The first kappa shape index (κ1) is 10.6. The highest BCUT2D eigenvalue weighted by molar-refractivity contribution is 4.70. The summed E-state index contributed by atoms with van der Waals surface area (Å²) in [5.41, 5.74) is 0. The van der Waals surface area contributed by atoms with Crippen molar-refractivity contribution < 1.29 is 26.3 Å². The van der Waals surface area contributed by atoms with Crippen LogP contribution in [-0.2, 0) is 0 Å². The van der Waals surface area contributed by atoms with Crippen LogP contribution in [-0.4, -0.2) is 12.3 Å². The van der Waals surface area contributed by atoms with E-state index in [1.165, 1.54) is 0 Å². The zero-order valence-electron chi connectivity index (χ0n) is 5.26. The molecule has 0 spiro atoms. The van der Waals surface area contributed by atoms with Crippen molar-refractivity contribution in [3.63, 3.8) is 0 Å². The monoisotopic (exact) mass is 179 g/mol. The molecule has 0 aliphatic carbocycles. The summed E-state index contributed by atoms with van der Waals surface area (Å²) in [6, 6.07) is 0. The van der Waals surface area contributed by atoms with Gasteiger partial charge >= 0.3 is 12.6 Å². The zero-order valence-corrected chi connectivity index (χ0v) is 5.26. The van der Waals surface area contributed by atoms with Gasteiger partial charge in [-0.25, -0.2) is 4.39 Å². The Kier molecular flexibility index (Phi) is 3.68. The van der Waals surface area contributed by atoms with E-state index in [4.69, 9.17) is 0 Å². The lowest BCUT2D eigenvalue weighted by atomic mass is 10.2. The molecule has 0 fully saturated rings. The topological polar surface area (TPSA) is 0 Å². The fourth-order valence-corrected chi connectivity index (χ4v) is 0.491. The fraction of sp³-hybridized carbons (Fsp3) is 0.800. The Balaban J connectivity index is 3.61. The summed E-state index contributed by atoms with van der Waals surface area (Å²) in [4.78, 5) is 0. The standard InChI is InChI=1S/C5H5F6/c6-3(1-4(7)8)2-5(9,10)11/h3H,1-2H2. The van der Waals surface area contributed by atoms with Crippen molar-refractivity contribution in [3.8, 4) is 0 Å². The van der Waals surface area contributed by atoms with E-state index in [9.17, 15) is 26.3 Å². The Labute approximate surface area is 59.2 Å². The average Bonchev–Trinajstić information content (AvgIpc) is 1.53. The molecular weight excluding hydrogens is 174 g/mol. The molecule has 0 aromatic rings. The van der Waals surface area contributed by atoms with Gasteiger partial charge in [-0.05, 0) is 0 Å². The fourth-order valence-electron chi connectivity index (χ4n) is 0.491. The quantitative estimate of drug-likeness (QED) is 0.584.